The maximum atomic E-state index is 6.07. The predicted octanol–water partition coefficient (Wildman–Crippen LogP) is 4.95. The van der Waals surface area contributed by atoms with Crippen LogP contribution in [0.3, 0.4) is 0 Å². The normalized spacial score (nSPS) is 14.7. The maximum absolute atomic E-state index is 6.07. The van der Waals surface area contributed by atoms with Gasteiger partial charge in [0, 0.05) is 50.5 Å². The zero-order chi connectivity index (χ0) is 22.9. The van der Waals surface area contributed by atoms with Crippen molar-refractivity contribution >= 4 is 40.8 Å². The lowest BCUT2D eigenvalue weighted by atomic mass is 10.1. The molecule has 4 rings (SSSR count). The fourth-order valence-electron chi connectivity index (χ4n) is 4.38. The minimum absolute atomic E-state index is 0. The third-order valence-electron chi connectivity index (χ3n) is 6.28. The average molecular weight is 577 g/mol. The molecule has 0 unspecified atom stereocenters. The number of nitrogens with one attached hydrogen (secondary N) is 3. The van der Waals surface area contributed by atoms with Crippen LogP contribution in [-0.2, 0) is 35.5 Å². The number of hydrogen-bond acceptors (Lipinski definition) is 3. The van der Waals surface area contributed by atoms with Gasteiger partial charge in [-0.25, -0.2) is 0 Å². The van der Waals surface area contributed by atoms with Gasteiger partial charge in [-0.05, 0) is 47.9 Å². The summed E-state index contributed by atoms with van der Waals surface area (Å²) in [5, 5.41) is 8.19. The molecule has 1 fully saturated rings. The van der Waals surface area contributed by atoms with Gasteiger partial charge in [0.05, 0.1) is 12.7 Å². The molecule has 1 aliphatic heterocycles. The monoisotopic (exact) mass is 576 g/mol. The van der Waals surface area contributed by atoms with Crippen molar-refractivity contribution in [1.29, 1.82) is 0 Å². The summed E-state index contributed by atoms with van der Waals surface area (Å²) in [6.07, 6.45) is 6.40. The number of benzene rings is 2. The summed E-state index contributed by atoms with van der Waals surface area (Å²) in [6.45, 7) is 6.00. The van der Waals surface area contributed by atoms with E-state index in [9.17, 15) is 0 Å². The second-order valence-corrected chi connectivity index (χ2v) is 8.55. The number of guanidine groups is 1. The maximum Gasteiger partial charge on any atom is 0.191 e. The van der Waals surface area contributed by atoms with Crippen molar-refractivity contribution in [2.75, 3.05) is 26.8 Å². The first kappa shape index (κ1) is 26.5. The second kappa shape index (κ2) is 13.7. The molecule has 184 valence electrons. The number of ether oxygens (including phenoxy) is 2. The smallest absolute Gasteiger partial charge is 0.191 e. The predicted molar refractivity (Wildman–Crippen MR) is 150 cm³/mol. The van der Waals surface area contributed by atoms with Crippen molar-refractivity contribution in [1.82, 2.24) is 15.6 Å². The summed E-state index contributed by atoms with van der Waals surface area (Å²) in [5.41, 5.74) is 6.38. The minimum Gasteiger partial charge on any atom is -0.381 e. The molecule has 0 radical (unpaired) electrons. The van der Waals surface area contributed by atoms with E-state index in [1.165, 1.54) is 33.2 Å². The van der Waals surface area contributed by atoms with E-state index < -0.39 is 0 Å². The summed E-state index contributed by atoms with van der Waals surface area (Å²) in [4.78, 5) is 7.83. The molecule has 6 nitrogen and oxygen atoms in total. The average Bonchev–Trinajstić information content (AvgIpc) is 3.29. The van der Waals surface area contributed by atoms with Crippen molar-refractivity contribution in [3.8, 4) is 0 Å². The molecule has 0 amide bonds. The fourth-order valence-corrected chi connectivity index (χ4v) is 4.38. The van der Waals surface area contributed by atoms with Crippen LogP contribution in [0.1, 0.15) is 42.0 Å². The molecule has 1 aromatic heterocycles. The SMILES string of the molecule is CCc1cccc2c(CCNC(=NC)NCc3cccc(COC4CCOCC4)c3)c[nH]c12.I. The molecule has 7 heteroatoms. The van der Waals surface area contributed by atoms with Crippen LogP contribution in [0.15, 0.2) is 53.7 Å². The van der Waals surface area contributed by atoms with Crippen molar-refractivity contribution in [2.45, 2.75) is 51.9 Å². The molecule has 0 bridgehead atoms. The molecular formula is C27H37IN4O2. The molecule has 0 saturated carbocycles. The summed E-state index contributed by atoms with van der Waals surface area (Å²) in [5.74, 6) is 0.813. The van der Waals surface area contributed by atoms with E-state index in [0.29, 0.717) is 12.7 Å². The first-order valence-electron chi connectivity index (χ1n) is 12.1. The lowest BCUT2D eigenvalue weighted by molar-refractivity contribution is -0.0390. The van der Waals surface area contributed by atoms with E-state index >= 15 is 0 Å². The Bertz CT molecular complexity index is 1060. The van der Waals surface area contributed by atoms with E-state index in [1.807, 2.05) is 7.05 Å². The number of fused-ring (bicyclic) bond motifs is 1. The third kappa shape index (κ3) is 7.20. The number of H-pyrrole nitrogens is 1. The van der Waals surface area contributed by atoms with Crippen LogP contribution in [0, 0.1) is 0 Å². The summed E-state index contributed by atoms with van der Waals surface area (Å²) >= 11 is 0. The molecule has 0 atom stereocenters. The number of rotatable bonds is 9. The van der Waals surface area contributed by atoms with Crippen molar-refractivity contribution < 1.29 is 9.47 Å². The Morgan fingerprint density at radius 1 is 1.09 bits per heavy atom. The zero-order valence-corrected chi connectivity index (χ0v) is 22.6. The summed E-state index contributed by atoms with van der Waals surface area (Å²) in [6, 6.07) is 15.1. The Hall–Kier alpha value is -2.10. The van der Waals surface area contributed by atoms with Crippen molar-refractivity contribution in [3.63, 3.8) is 0 Å². The van der Waals surface area contributed by atoms with Crippen LogP contribution in [0.2, 0.25) is 0 Å². The second-order valence-electron chi connectivity index (χ2n) is 8.55. The number of halogens is 1. The molecule has 1 aliphatic rings. The molecule has 34 heavy (non-hydrogen) atoms. The van der Waals surface area contributed by atoms with Crippen LogP contribution < -0.4 is 10.6 Å². The molecule has 2 aromatic carbocycles. The largest absolute Gasteiger partial charge is 0.381 e. The van der Waals surface area contributed by atoms with Gasteiger partial charge < -0.3 is 25.1 Å². The first-order valence-corrected chi connectivity index (χ1v) is 12.1. The highest BCUT2D eigenvalue weighted by Gasteiger charge is 2.14. The van der Waals surface area contributed by atoms with Gasteiger partial charge in [0.15, 0.2) is 5.96 Å². The zero-order valence-electron chi connectivity index (χ0n) is 20.2. The van der Waals surface area contributed by atoms with Gasteiger partial charge in [-0.1, -0.05) is 49.4 Å². The van der Waals surface area contributed by atoms with E-state index in [-0.39, 0.29) is 24.0 Å². The first-order chi connectivity index (χ1) is 16.3. The molecule has 3 aromatic rings. The number of para-hydroxylation sites is 1. The highest BCUT2D eigenvalue weighted by atomic mass is 127. The Labute approximate surface area is 219 Å². The third-order valence-corrected chi connectivity index (χ3v) is 6.28. The number of aromatic nitrogens is 1. The number of aryl methyl sites for hydroxylation is 1. The number of hydrogen-bond donors (Lipinski definition) is 3. The van der Waals surface area contributed by atoms with Gasteiger partial charge in [0.1, 0.15) is 0 Å². The van der Waals surface area contributed by atoms with E-state index in [1.54, 1.807) is 0 Å². The Morgan fingerprint density at radius 2 is 1.88 bits per heavy atom. The van der Waals surface area contributed by atoms with E-state index in [2.05, 4.69) is 76.2 Å². The van der Waals surface area contributed by atoms with Gasteiger partial charge >= 0.3 is 0 Å². The van der Waals surface area contributed by atoms with Gasteiger partial charge in [-0.2, -0.15) is 0 Å². The highest BCUT2D eigenvalue weighted by Crippen LogP contribution is 2.22. The Balaban J connectivity index is 0.00000324. The summed E-state index contributed by atoms with van der Waals surface area (Å²) in [7, 11) is 1.81. The van der Waals surface area contributed by atoms with E-state index in [4.69, 9.17) is 9.47 Å². The molecule has 1 saturated heterocycles. The quantitative estimate of drug-likeness (QED) is 0.192. The fraction of sp³-hybridized carbons (Fsp3) is 0.444. The molecule has 0 spiro atoms. The Kier molecular flexibility index (Phi) is 10.7. The highest BCUT2D eigenvalue weighted by molar-refractivity contribution is 14.0. The van der Waals surface area contributed by atoms with Crippen LogP contribution >= 0.6 is 24.0 Å². The molecule has 2 heterocycles. The van der Waals surface area contributed by atoms with E-state index in [0.717, 1.165) is 57.9 Å². The van der Waals surface area contributed by atoms with Crippen LogP contribution in [0.5, 0.6) is 0 Å². The molecular weight excluding hydrogens is 539 g/mol. The van der Waals surface area contributed by atoms with Gasteiger partial charge in [-0.3, -0.25) is 4.99 Å². The van der Waals surface area contributed by atoms with Crippen LogP contribution in [0.25, 0.3) is 10.9 Å². The van der Waals surface area contributed by atoms with Gasteiger partial charge in [-0.15, -0.1) is 24.0 Å². The standard InChI is InChI=1S/C27H36N4O2.HI/c1-3-22-8-5-9-25-23(18-30-26(22)25)10-13-29-27(28-2)31-17-20-6-4-7-21(16-20)19-33-24-11-14-32-15-12-24;/h4-9,16,18,24,30H,3,10-15,17,19H2,1-2H3,(H2,28,29,31);1H. The van der Waals surface area contributed by atoms with Crippen molar-refractivity contribution in [2.24, 2.45) is 4.99 Å². The minimum atomic E-state index is 0. The van der Waals surface area contributed by atoms with Gasteiger partial charge in [0.2, 0.25) is 0 Å². The lowest BCUT2D eigenvalue weighted by Gasteiger charge is -2.22. The summed E-state index contributed by atoms with van der Waals surface area (Å²) < 4.78 is 11.5. The molecule has 3 N–H and O–H groups in total. The van der Waals surface area contributed by atoms with Crippen LogP contribution in [0.4, 0.5) is 0 Å². The topological polar surface area (TPSA) is 70.7 Å². The number of nitrogens with zero attached hydrogens (tertiary/aromatic N) is 1. The molecule has 0 aliphatic carbocycles. The number of aliphatic imine (C=N–C) groups is 1. The Morgan fingerprint density at radius 3 is 2.68 bits per heavy atom. The number of aromatic amines is 1. The van der Waals surface area contributed by atoms with Crippen LogP contribution in [-0.4, -0.2) is 43.9 Å². The van der Waals surface area contributed by atoms with Crippen molar-refractivity contribution in [3.05, 3.63) is 70.9 Å². The van der Waals surface area contributed by atoms with Gasteiger partial charge in [0.25, 0.3) is 0 Å². The lowest BCUT2D eigenvalue weighted by Crippen LogP contribution is -2.37.